The number of aliphatic hydroxyl groups excluding tert-OH is 1. The van der Waals surface area contributed by atoms with Crippen molar-refractivity contribution in [1.82, 2.24) is 10.3 Å². The van der Waals surface area contributed by atoms with Crippen LogP contribution in [0.2, 0.25) is 0 Å². The minimum atomic E-state index is -0.0659. The van der Waals surface area contributed by atoms with Gasteiger partial charge in [0.25, 0.3) is 5.56 Å². The number of aliphatic hydroxyl groups is 1. The van der Waals surface area contributed by atoms with Crippen LogP contribution < -0.4 is 10.9 Å². The smallest absolute Gasteiger partial charge is 0.252 e. The Bertz CT molecular complexity index is 694. The fourth-order valence-electron chi connectivity index (χ4n) is 3.33. The van der Waals surface area contributed by atoms with E-state index in [9.17, 15) is 9.90 Å². The van der Waals surface area contributed by atoms with Gasteiger partial charge in [-0.3, -0.25) is 4.79 Å². The first kappa shape index (κ1) is 14.3. The van der Waals surface area contributed by atoms with Crippen molar-refractivity contribution in [3.63, 3.8) is 0 Å². The Hall–Kier alpha value is -1.65. The first-order chi connectivity index (χ1) is 10.1. The molecule has 0 spiro atoms. The van der Waals surface area contributed by atoms with E-state index in [0.717, 1.165) is 35.7 Å². The molecule has 1 aromatic heterocycles. The van der Waals surface area contributed by atoms with E-state index in [1.54, 1.807) is 0 Å². The Kier molecular flexibility index (Phi) is 3.83. The largest absolute Gasteiger partial charge is 0.396 e. The SMILES string of the molecule is CC1(CO)CCCC1NCc1cc2ccccc2[nH]c1=O. The summed E-state index contributed by atoms with van der Waals surface area (Å²) in [5.41, 5.74) is 1.52. The monoisotopic (exact) mass is 286 g/mol. The van der Waals surface area contributed by atoms with Crippen molar-refractivity contribution in [2.24, 2.45) is 5.41 Å². The zero-order valence-corrected chi connectivity index (χ0v) is 12.4. The normalized spacial score (nSPS) is 25.5. The molecule has 2 atom stereocenters. The van der Waals surface area contributed by atoms with Crippen LogP contribution in [-0.2, 0) is 6.54 Å². The fraction of sp³-hybridized carbons (Fsp3) is 0.471. The average Bonchev–Trinajstić information content (AvgIpc) is 2.87. The van der Waals surface area contributed by atoms with Crippen LogP contribution in [0.4, 0.5) is 0 Å². The maximum atomic E-state index is 12.1. The maximum absolute atomic E-state index is 12.1. The molecule has 0 bridgehead atoms. The molecule has 4 heteroatoms. The average molecular weight is 286 g/mol. The quantitative estimate of drug-likeness (QED) is 0.807. The number of para-hydroxylation sites is 1. The highest BCUT2D eigenvalue weighted by Crippen LogP contribution is 2.37. The Morgan fingerprint density at radius 1 is 1.43 bits per heavy atom. The lowest BCUT2D eigenvalue weighted by atomic mass is 9.86. The van der Waals surface area contributed by atoms with E-state index in [2.05, 4.69) is 17.2 Å². The Morgan fingerprint density at radius 3 is 3.05 bits per heavy atom. The van der Waals surface area contributed by atoms with Gasteiger partial charge in [0.05, 0.1) is 0 Å². The Morgan fingerprint density at radius 2 is 2.24 bits per heavy atom. The van der Waals surface area contributed by atoms with Gasteiger partial charge >= 0.3 is 0 Å². The minimum Gasteiger partial charge on any atom is -0.396 e. The van der Waals surface area contributed by atoms with Crippen LogP contribution >= 0.6 is 0 Å². The number of hydrogen-bond donors (Lipinski definition) is 3. The molecule has 0 aliphatic heterocycles. The van der Waals surface area contributed by atoms with Gasteiger partial charge in [-0.05, 0) is 30.4 Å². The molecule has 1 saturated carbocycles. The number of H-pyrrole nitrogens is 1. The number of aromatic nitrogens is 1. The topological polar surface area (TPSA) is 65.1 Å². The first-order valence-corrected chi connectivity index (χ1v) is 7.57. The molecule has 2 aromatic rings. The summed E-state index contributed by atoms with van der Waals surface area (Å²) in [5, 5.41) is 14.1. The molecule has 2 unspecified atom stereocenters. The van der Waals surface area contributed by atoms with Gasteiger partial charge < -0.3 is 15.4 Å². The number of benzene rings is 1. The molecule has 0 radical (unpaired) electrons. The van der Waals surface area contributed by atoms with E-state index in [1.165, 1.54) is 0 Å². The second-order valence-corrected chi connectivity index (χ2v) is 6.35. The van der Waals surface area contributed by atoms with Crippen molar-refractivity contribution in [2.75, 3.05) is 6.61 Å². The van der Waals surface area contributed by atoms with Gasteiger partial charge in [-0.25, -0.2) is 0 Å². The van der Waals surface area contributed by atoms with Crippen LogP contribution in [0.15, 0.2) is 35.1 Å². The summed E-state index contributed by atoms with van der Waals surface area (Å²) in [6.45, 7) is 2.85. The third kappa shape index (κ3) is 2.74. The van der Waals surface area contributed by atoms with Crippen LogP contribution in [0.5, 0.6) is 0 Å². The van der Waals surface area contributed by atoms with Gasteiger partial charge in [-0.15, -0.1) is 0 Å². The molecular formula is C17H22N2O2. The second-order valence-electron chi connectivity index (χ2n) is 6.35. The summed E-state index contributed by atoms with van der Waals surface area (Å²) < 4.78 is 0. The van der Waals surface area contributed by atoms with Gasteiger partial charge in [0.1, 0.15) is 0 Å². The third-order valence-corrected chi connectivity index (χ3v) is 4.81. The lowest BCUT2D eigenvalue weighted by Crippen LogP contribution is -2.42. The molecule has 3 rings (SSSR count). The van der Waals surface area contributed by atoms with Gasteiger partial charge in [0.2, 0.25) is 0 Å². The molecule has 1 aromatic carbocycles. The van der Waals surface area contributed by atoms with E-state index in [1.807, 2.05) is 30.3 Å². The van der Waals surface area contributed by atoms with E-state index < -0.39 is 0 Å². The highest BCUT2D eigenvalue weighted by Gasteiger charge is 2.37. The van der Waals surface area contributed by atoms with Crippen LogP contribution in [0.25, 0.3) is 10.9 Å². The summed E-state index contributed by atoms with van der Waals surface area (Å²) >= 11 is 0. The van der Waals surface area contributed by atoms with Crippen molar-refractivity contribution < 1.29 is 5.11 Å². The van der Waals surface area contributed by atoms with Crippen molar-refractivity contribution in [1.29, 1.82) is 0 Å². The molecule has 21 heavy (non-hydrogen) atoms. The van der Waals surface area contributed by atoms with E-state index in [-0.39, 0.29) is 23.6 Å². The summed E-state index contributed by atoms with van der Waals surface area (Å²) in [7, 11) is 0. The fourth-order valence-corrected chi connectivity index (χ4v) is 3.33. The molecule has 1 heterocycles. The van der Waals surface area contributed by atoms with Gasteiger partial charge in [0.15, 0.2) is 0 Å². The molecule has 1 aliphatic rings. The highest BCUT2D eigenvalue weighted by molar-refractivity contribution is 5.78. The zero-order chi connectivity index (χ0) is 14.9. The summed E-state index contributed by atoms with van der Waals surface area (Å²) in [4.78, 5) is 15.0. The molecule has 1 aliphatic carbocycles. The van der Waals surface area contributed by atoms with Crippen LogP contribution in [0.1, 0.15) is 31.7 Å². The molecule has 112 valence electrons. The first-order valence-electron chi connectivity index (χ1n) is 7.57. The predicted molar refractivity (Wildman–Crippen MR) is 84.2 cm³/mol. The van der Waals surface area contributed by atoms with Crippen LogP contribution in [0.3, 0.4) is 0 Å². The second kappa shape index (κ2) is 5.62. The number of fused-ring (bicyclic) bond motifs is 1. The van der Waals surface area contributed by atoms with Gasteiger partial charge in [0, 0.05) is 35.7 Å². The number of rotatable bonds is 4. The standard InChI is InChI=1S/C17H22N2O2/c1-17(11-20)8-4-7-15(17)18-10-13-9-12-5-2-3-6-14(12)19-16(13)21/h2-3,5-6,9,15,18,20H,4,7-8,10-11H2,1H3,(H,19,21). The van der Waals surface area contributed by atoms with E-state index in [0.29, 0.717) is 6.54 Å². The van der Waals surface area contributed by atoms with E-state index in [4.69, 9.17) is 0 Å². The van der Waals surface area contributed by atoms with Crippen molar-refractivity contribution in [2.45, 2.75) is 38.8 Å². The lowest BCUT2D eigenvalue weighted by Gasteiger charge is -2.30. The van der Waals surface area contributed by atoms with Gasteiger partial charge in [-0.2, -0.15) is 0 Å². The number of hydrogen-bond acceptors (Lipinski definition) is 3. The van der Waals surface area contributed by atoms with Crippen molar-refractivity contribution >= 4 is 10.9 Å². The summed E-state index contributed by atoms with van der Waals surface area (Å²) in [6, 6.07) is 10.0. The third-order valence-electron chi connectivity index (χ3n) is 4.81. The summed E-state index contributed by atoms with van der Waals surface area (Å²) in [6.07, 6.45) is 3.22. The molecule has 0 amide bonds. The van der Waals surface area contributed by atoms with Gasteiger partial charge in [-0.1, -0.05) is 31.5 Å². The molecule has 1 fully saturated rings. The predicted octanol–water partition coefficient (Wildman–Crippen LogP) is 2.17. The number of nitrogens with one attached hydrogen (secondary N) is 2. The Balaban J connectivity index is 1.79. The minimum absolute atomic E-state index is 0.0371. The summed E-state index contributed by atoms with van der Waals surface area (Å²) in [5.74, 6) is 0. The van der Waals surface area contributed by atoms with Crippen molar-refractivity contribution in [3.05, 3.63) is 46.2 Å². The number of aromatic amines is 1. The van der Waals surface area contributed by atoms with Crippen molar-refractivity contribution in [3.8, 4) is 0 Å². The molecule has 3 N–H and O–H groups in total. The number of pyridine rings is 1. The van der Waals surface area contributed by atoms with E-state index >= 15 is 0 Å². The molecule has 0 saturated heterocycles. The molecular weight excluding hydrogens is 264 g/mol. The lowest BCUT2D eigenvalue weighted by molar-refractivity contribution is 0.118. The molecule has 4 nitrogen and oxygen atoms in total. The highest BCUT2D eigenvalue weighted by atomic mass is 16.3. The zero-order valence-electron chi connectivity index (χ0n) is 12.4. The van der Waals surface area contributed by atoms with Crippen LogP contribution in [0, 0.1) is 5.41 Å². The maximum Gasteiger partial charge on any atom is 0.252 e. The van der Waals surface area contributed by atoms with Crippen LogP contribution in [-0.4, -0.2) is 22.7 Å². The Labute approximate surface area is 124 Å².